The number of halogens is 2. The molecule has 2 N–H and O–H groups in total. The van der Waals surface area contributed by atoms with Crippen LogP contribution >= 0.6 is 35.6 Å². The van der Waals surface area contributed by atoms with Crippen LogP contribution in [0.3, 0.4) is 0 Å². The van der Waals surface area contributed by atoms with Crippen LogP contribution in [-0.2, 0) is 11.3 Å². The zero-order valence-electron chi connectivity index (χ0n) is 12.0. The number of rotatable bonds is 7. The third-order valence-corrected chi connectivity index (χ3v) is 2.75. The van der Waals surface area contributed by atoms with Gasteiger partial charge in [-0.1, -0.05) is 23.7 Å². The topological polar surface area (TPSA) is 45.7 Å². The number of guanidine groups is 1. The van der Waals surface area contributed by atoms with Crippen molar-refractivity contribution in [1.82, 2.24) is 10.6 Å². The monoisotopic (exact) mass is 411 g/mol. The molecular formula is C14H23ClIN3O. The van der Waals surface area contributed by atoms with Gasteiger partial charge < -0.3 is 15.4 Å². The summed E-state index contributed by atoms with van der Waals surface area (Å²) in [5.41, 5.74) is 1.14. The molecule has 0 aromatic heterocycles. The van der Waals surface area contributed by atoms with E-state index in [-0.39, 0.29) is 24.0 Å². The van der Waals surface area contributed by atoms with Gasteiger partial charge in [-0.2, -0.15) is 0 Å². The molecule has 0 saturated carbocycles. The number of nitrogens with one attached hydrogen (secondary N) is 2. The van der Waals surface area contributed by atoms with Gasteiger partial charge in [0, 0.05) is 31.8 Å². The molecule has 0 spiro atoms. The molecular weight excluding hydrogens is 389 g/mol. The van der Waals surface area contributed by atoms with Crippen LogP contribution in [0.1, 0.15) is 18.9 Å². The summed E-state index contributed by atoms with van der Waals surface area (Å²) < 4.78 is 5.01. The Kier molecular flexibility index (Phi) is 11.9. The second-order valence-electron chi connectivity index (χ2n) is 4.09. The molecule has 0 radical (unpaired) electrons. The van der Waals surface area contributed by atoms with Gasteiger partial charge in [-0.05, 0) is 31.0 Å². The Labute approximate surface area is 143 Å². The van der Waals surface area contributed by atoms with Crippen molar-refractivity contribution in [1.29, 1.82) is 0 Å². The number of nitrogens with zero attached hydrogens (tertiary/aromatic N) is 1. The van der Waals surface area contributed by atoms with Gasteiger partial charge in [0.1, 0.15) is 0 Å². The lowest BCUT2D eigenvalue weighted by atomic mass is 10.2. The Morgan fingerprint density at radius 1 is 1.25 bits per heavy atom. The van der Waals surface area contributed by atoms with Gasteiger partial charge in [-0.15, -0.1) is 24.0 Å². The molecule has 0 atom stereocenters. The largest absolute Gasteiger partial charge is 0.385 e. The Morgan fingerprint density at radius 2 is 1.95 bits per heavy atom. The number of hydrogen-bond acceptors (Lipinski definition) is 2. The average molecular weight is 412 g/mol. The highest BCUT2D eigenvalue weighted by molar-refractivity contribution is 14.0. The molecule has 0 aliphatic carbocycles. The standard InChI is InChI=1S/C14H22ClN3O.HI/c1-3-16-14(17-9-4-10-19-2)18-11-12-5-7-13(15)8-6-12;/h5-8H,3-4,9-11H2,1-2H3,(H2,16,17,18);1H. The van der Waals surface area contributed by atoms with E-state index in [2.05, 4.69) is 22.5 Å². The lowest BCUT2D eigenvalue weighted by Gasteiger charge is -2.11. The summed E-state index contributed by atoms with van der Waals surface area (Å²) in [5.74, 6) is 0.827. The number of hydrogen-bond donors (Lipinski definition) is 2. The molecule has 0 bridgehead atoms. The van der Waals surface area contributed by atoms with Crippen LogP contribution in [0.25, 0.3) is 0 Å². The number of ether oxygens (including phenoxy) is 1. The normalized spacial score (nSPS) is 10.8. The molecule has 0 heterocycles. The molecule has 1 rings (SSSR count). The minimum atomic E-state index is 0. The first-order valence-electron chi connectivity index (χ1n) is 6.51. The molecule has 1 aromatic carbocycles. The summed E-state index contributed by atoms with van der Waals surface area (Å²) in [7, 11) is 1.71. The third-order valence-electron chi connectivity index (χ3n) is 2.49. The maximum atomic E-state index is 5.85. The smallest absolute Gasteiger partial charge is 0.191 e. The van der Waals surface area contributed by atoms with E-state index in [0.717, 1.165) is 42.7 Å². The van der Waals surface area contributed by atoms with Crippen LogP contribution in [0.15, 0.2) is 29.3 Å². The van der Waals surface area contributed by atoms with Gasteiger partial charge in [-0.25, -0.2) is 4.99 Å². The van der Waals surface area contributed by atoms with E-state index in [9.17, 15) is 0 Å². The van der Waals surface area contributed by atoms with Crippen molar-refractivity contribution in [2.24, 2.45) is 4.99 Å². The predicted octanol–water partition coefficient (Wildman–Crippen LogP) is 3.05. The van der Waals surface area contributed by atoms with Crippen LogP contribution in [0.2, 0.25) is 5.02 Å². The van der Waals surface area contributed by atoms with Gasteiger partial charge in [-0.3, -0.25) is 0 Å². The average Bonchev–Trinajstić information content (AvgIpc) is 2.42. The SMILES string of the molecule is CCNC(=NCc1ccc(Cl)cc1)NCCCOC.I. The Hall–Kier alpha value is -0.530. The molecule has 0 fully saturated rings. The zero-order chi connectivity index (χ0) is 13.9. The van der Waals surface area contributed by atoms with E-state index in [1.54, 1.807) is 7.11 Å². The van der Waals surface area contributed by atoms with Crippen molar-refractivity contribution in [3.63, 3.8) is 0 Å². The molecule has 0 aliphatic heterocycles. The first-order valence-corrected chi connectivity index (χ1v) is 6.89. The summed E-state index contributed by atoms with van der Waals surface area (Å²) in [6.07, 6.45) is 0.960. The van der Waals surface area contributed by atoms with Gasteiger partial charge in [0.05, 0.1) is 6.54 Å². The fourth-order valence-corrected chi connectivity index (χ4v) is 1.65. The first-order chi connectivity index (χ1) is 9.26. The van der Waals surface area contributed by atoms with Crippen molar-refractivity contribution >= 4 is 41.5 Å². The zero-order valence-corrected chi connectivity index (χ0v) is 15.1. The number of methoxy groups -OCH3 is 1. The second-order valence-corrected chi connectivity index (χ2v) is 4.53. The molecule has 0 unspecified atom stereocenters. The van der Waals surface area contributed by atoms with Gasteiger partial charge >= 0.3 is 0 Å². The van der Waals surface area contributed by atoms with Crippen molar-refractivity contribution in [3.8, 4) is 0 Å². The minimum Gasteiger partial charge on any atom is -0.385 e. The minimum absolute atomic E-state index is 0. The Balaban J connectivity index is 0.00000361. The van der Waals surface area contributed by atoms with E-state index in [4.69, 9.17) is 16.3 Å². The summed E-state index contributed by atoms with van der Waals surface area (Å²) in [5, 5.41) is 7.23. The summed E-state index contributed by atoms with van der Waals surface area (Å²) in [4.78, 5) is 4.52. The van der Waals surface area contributed by atoms with Crippen molar-refractivity contribution < 1.29 is 4.74 Å². The molecule has 0 aliphatic rings. The predicted molar refractivity (Wildman–Crippen MR) is 96.2 cm³/mol. The highest BCUT2D eigenvalue weighted by atomic mass is 127. The molecule has 1 aromatic rings. The van der Waals surface area contributed by atoms with Crippen LogP contribution < -0.4 is 10.6 Å². The highest BCUT2D eigenvalue weighted by Gasteiger charge is 1.97. The maximum absolute atomic E-state index is 5.85. The van der Waals surface area contributed by atoms with Crippen LogP contribution in [0, 0.1) is 0 Å². The molecule has 20 heavy (non-hydrogen) atoms. The van der Waals surface area contributed by atoms with Crippen molar-refractivity contribution in [3.05, 3.63) is 34.9 Å². The van der Waals surface area contributed by atoms with Gasteiger partial charge in [0.25, 0.3) is 0 Å². The third kappa shape index (κ3) is 8.60. The Morgan fingerprint density at radius 3 is 2.55 bits per heavy atom. The van der Waals surface area contributed by atoms with E-state index in [0.29, 0.717) is 6.54 Å². The fourth-order valence-electron chi connectivity index (χ4n) is 1.53. The number of aliphatic imine (C=N–C) groups is 1. The Bertz CT molecular complexity index is 385. The molecule has 0 amide bonds. The van der Waals surface area contributed by atoms with Crippen molar-refractivity contribution in [2.75, 3.05) is 26.8 Å². The first kappa shape index (κ1) is 19.5. The summed E-state index contributed by atoms with van der Waals surface area (Å²) in [6, 6.07) is 7.73. The van der Waals surface area contributed by atoms with Crippen LogP contribution in [0.4, 0.5) is 0 Å². The van der Waals surface area contributed by atoms with E-state index >= 15 is 0 Å². The van der Waals surface area contributed by atoms with Gasteiger partial charge in [0.15, 0.2) is 5.96 Å². The summed E-state index contributed by atoms with van der Waals surface area (Å²) >= 11 is 5.85. The van der Waals surface area contributed by atoms with E-state index in [1.165, 1.54) is 0 Å². The lowest BCUT2D eigenvalue weighted by molar-refractivity contribution is 0.195. The van der Waals surface area contributed by atoms with Gasteiger partial charge in [0.2, 0.25) is 0 Å². The molecule has 114 valence electrons. The molecule has 4 nitrogen and oxygen atoms in total. The van der Waals surface area contributed by atoms with E-state index < -0.39 is 0 Å². The molecule has 6 heteroatoms. The quantitative estimate of drug-likeness (QED) is 0.314. The van der Waals surface area contributed by atoms with E-state index in [1.807, 2.05) is 24.3 Å². The molecule has 0 saturated heterocycles. The second kappa shape index (κ2) is 12.2. The highest BCUT2D eigenvalue weighted by Crippen LogP contribution is 2.09. The van der Waals surface area contributed by atoms with Crippen LogP contribution in [0.5, 0.6) is 0 Å². The summed E-state index contributed by atoms with van der Waals surface area (Å²) in [6.45, 7) is 5.13. The maximum Gasteiger partial charge on any atom is 0.191 e. The fraction of sp³-hybridized carbons (Fsp3) is 0.500. The van der Waals surface area contributed by atoms with Crippen molar-refractivity contribution in [2.45, 2.75) is 19.9 Å². The van der Waals surface area contributed by atoms with Crippen LogP contribution in [-0.4, -0.2) is 32.8 Å². The lowest BCUT2D eigenvalue weighted by Crippen LogP contribution is -2.38. The number of benzene rings is 1.